The van der Waals surface area contributed by atoms with Crippen molar-refractivity contribution < 1.29 is 5.11 Å². The fourth-order valence-corrected chi connectivity index (χ4v) is 1.90. The molecule has 1 aromatic carbocycles. The van der Waals surface area contributed by atoms with E-state index in [4.69, 9.17) is 5.11 Å². The lowest BCUT2D eigenvalue weighted by atomic mass is 10.1. The van der Waals surface area contributed by atoms with E-state index >= 15 is 0 Å². The normalized spacial score (nSPS) is 14.5. The number of aliphatic hydroxyl groups excluding tert-OH is 1. The molecule has 1 aliphatic carbocycles. The largest absolute Gasteiger partial charge is 0.395 e. The fourth-order valence-electron chi connectivity index (χ4n) is 1.90. The third kappa shape index (κ3) is 3.89. The number of aliphatic hydroxyl groups is 1. The Kier molecular flexibility index (Phi) is 4.19. The molecule has 0 heterocycles. The Morgan fingerprint density at radius 1 is 1.41 bits per heavy atom. The van der Waals surface area contributed by atoms with Gasteiger partial charge in [0.2, 0.25) is 0 Å². The predicted molar refractivity (Wildman–Crippen MR) is 69.5 cm³/mol. The van der Waals surface area contributed by atoms with E-state index in [0.29, 0.717) is 6.42 Å². The van der Waals surface area contributed by atoms with Gasteiger partial charge in [-0.15, -0.1) is 0 Å². The summed E-state index contributed by atoms with van der Waals surface area (Å²) in [6.07, 6.45) is 3.23. The first-order chi connectivity index (χ1) is 8.29. The quantitative estimate of drug-likeness (QED) is 0.798. The van der Waals surface area contributed by atoms with E-state index in [1.165, 1.54) is 18.4 Å². The molecule has 1 N–H and O–H groups in total. The lowest BCUT2D eigenvalue weighted by Crippen LogP contribution is -2.19. The first-order valence-corrected chi connectivity index (χ1v) is 6.18. The second-order valence-electron chi connectivity index (χ2n) is 4.62. The molecular weight excluding hydrogens is 210 g/mol. The maximum absolute atomic E-state index is 8.68. The van der Waals surface area contributed by atoms with Crippen LogP contribution in [0.1, 0.15) is 30.4 Å². The molecule has 90 valence electrons. The summed E-state index contributed by atoms with van der Waals surface area (Å²) in [7, 11) is 2.18. The summed E-state index contributed by atoms with van der Waals surface area (Å²) in [6, 6.07) is 9.16. The van der Waals surface area contributed by atoms with Gasteiger partial charge in [0.1, 0.15) is 0 Å². The van der Waals surface area contributed by atoms with Crippen LogP contribution in [0.4, 0.5) is 0 Å². The van der Waals surface area contributed by atoms with Crippen molar-refractivity contribution in [1.82, 2.24) is 4.90 Å². The molecule has 0 amide bonds. The van der Waals surface area contributed by atoms with E-state index in [1.54, 1.807) is 0 Å². The fraction of sp³-hybridized carbons (Fsp3) is 0.467. The summed E-state index contributed by atoms with van der Waals surface area (Å²) in [5.74, 6) is 6.03. The molecule has 0 bridgehead atoms. The smallest absolute Gasteiger partial charge is 0.0540 e. The standard InChI is InChI=1S/C15H19NO/c1-16(15-8-9-15)12-14-7-4-6-13(11-14)5-2-3-10-17/h4,6-7,11,15,17H,3,8-10,12H2,1H3. The van der Waals surface area contributed by atoms with Gasteiger partial charge in [-0.2, -0.15) is 0 Å². The van der Waals surface area contributed by atoms with Gasteiger partial charge in [0.25, 0.3) is 0 Å². The highest BCUT2D eigenvalue weighted by molar-refractivity contribution is 5.37. The molecule has 1 saturated carbocycles. The highest BCUT2D eigenvalue weighted by Crippen LogP contribution is 2.26. The van der Waals surface area contributed by atoms with E-state index < -0.39 is 0 Å². The lowest BCUT2D eigenvalue weighted by Gasteiger charge is -2.15. The van der Waals surface area contributed by atoms with E-state index in [9.17, 15) is 0 Å². The predicted octanol–water partition coefficient (Wildman–Crippen LogP) is 2.01. The van der Waals surface area contributed by atoms with Gasteiger partial charge in [0.15, 0.2) is 0 Å². The summed E-state index contributed by atoms with van der Waals surface area (Å²) in [5, 5.41) is 8.68. The molecule has 0 spiro atoms. The second kappa shape index (κ2) is 5.86. The van der Waals surface area contributed by atoms with Crippen LogP contribution in [0.2, 0.25) is 0 Å². The van der Waals surface area contributed by atoms with Crippen LogP contribution >= 0.6 is 0 Å². The SMILES string of the molecule is CN(Cc1cccc(C#CCCO)c1)C1CC1. The van der Waals surface area contributed by atoms with Gasteiger partial charge in [-0.3, -0.25) is 4.90 Å². The van der Waals surface area contributed by atoms with Crippen molar-refractivity contribution in [1.29, 1.82) is 0 Å². The summed E-state index contributed by atoms with van der Waals surface area (Å²) in [5.41, 5.74) is 2.36. The van der Waals surface area contributed by atoms with Crippen LogP contribution < -0.4 is 0 Å². The maximum atomic E-state index is 8.68. The van der Waals surface area contributed by atoms with Crippen LogP contribution in [0, 0.1) is 11.8 Å². The van der Waals surface area contributed by atoms with Crippen molar-refractivity contribution in [3.05, 3.63) is 35.4 Å². The van der Waals surface area contributed by atoms with Crippen LogP contribution in [0.25, 0.3) is 0 Å². The van der Waals surface area contributed by atoms with E-state index in [1.807, 2.05) is 6.07 Å². The Morgan fingerprint density at radius 3 is 2.94 bits per heavy atom. The van der Waals surface area contributed by atoms with E-state index in [-0.39, 0.29) is 6.61 Å². The van der Waals surface area contributed by atoms with Crippen molar-refractivity contribution in [2.24, 2.45) is 0 Å². The van der Waals surface area contributed by atoms with Gasteiger partial charge < -0.3 is 5.11 Å². The monoisotopic (exact) mass is 229 g/mol. The minimum Gasteiger partial charge on any atom is -0.395 e. The highest BCUT2D eigenvalue weighted by atomic mass is 16.2. The molecule has 0 aromatic heterocycles. The van der Waals surface area contributed by atoms with Gasteiger partial charge in [0.05, 0.1) is 6.61 Å². The van der Waals surface area contributed by atoms with Gasteiger partial charge in [-0.1, -0.05) is 24.0 Å². The lowest BCUT2D eigenvalue weighted by molar-refractivity contribution is 0.305. The highest BCUT2D eigenvalue weighted by Gasteiger charge is 2.25. The van der Waals surface area contributed by atoms with Crippen molar-refractivity contribution in [2.45, 2.75) is 31.8 Å². The van der Waals surface area contributed by atoms with Crippen molar-refractivity contribution in [2.75, 3.05) is 13.7 Å². The average Bonchev–Trinajstić information content (AvgIpc) is 3.14. The molecule has 2 heteroatoms. The zero-order valence-corrected chi connectivity index (χ0v) is 10.3. The molecule has 1 aliphatic rings. The first kappa shape index (κ1) is 12.2. The maximum Gasteiger partial charge on any atom is 0.0540 e. The third-order valence-corrected chi connectivity index (χ3v) is 3.00. The molecule has 0 aliphatic heterocycles. The summed E-state index contributed by atoms with van der Waals surface area (Å²) < 4.78 is 0. The zero-order valence-electron chi connectivity index (χ0n) is 10.3. The van der Waals surface area contributed by atoms with Gasteiger partial charge >= 0.3 is 0 Å². The van der Waals surface area contributed by atoms with E-state index in [0.717, 1.165) is 18.2 Å². The van der Waals surface area contributed by atoms with Gasteiger partial charge in [-0.05, 0) is 37.6 Å². The molecule has 0 radical (unpaired) electrons. The first-order valence-electron chi connectivity index (χ1n) is 6.18. The second-order valence-corrected chi connectivity index (χ2v) is 4.62. The number of hydrogen-bond donors (Lipinski definition) is 1. The number of benzene rings is 1. The van der Waals surface area contributed by atoms with Crippen LogP contribution in [-0.4, -0.2) is 29.7 Å². The summed E-state index contributed by atoms with van der Waals surface area (Å²) >= 11 is 0. The molecule has 0 unspecified atom stereocenters. The number of nitrogens with zero attached hydrogens (tertiary/aromatic N) is 1. The number of rotatable bonds is 4. The Bertz CT molecular complexity index is 426. The van der Waals surface area contributed by atoms with Crippen LogP contribution in [0.3, 0.4) is 0 Å². The molecule has 2 nitrogen and oxygen atoms in total. The Balaban J connectivity index is 1.98. The summed E-state index contributed by atoms with van der Waals surface area (Å²) in [4.78, 5) is 2.40. The number of hydrogen-bond acceptors (Lipinski definition) is 2. The van der Waals surface area contributed by atoms with E-state index in [2.05, 4.69) is 42.0 Å². The van der Waals surface area contributed by atoms with Crippen molar-refractivity contribution >= 4 is 0 Å². The molecule has 1 aromatic rings. The summed E-state index contributed by atoms with van der Waals surface area (Å²) in [6.45, 7) is 1.14. The molecule has 2 rings (SSSR count). The Morgan fingerprint density at radius 2 is 2.24 bits per heavy atom. The topological polar surface area (TPSA) is 23.5 Å². The van der Waals surface area contributed by atoms with Gasteiger partial charge in [-0.25, -0.2) is 0 Å². The van der Waals surface area contributed by atoms with Crippen LogP contribution in [-0.2, 0) is 6.54 Å². The van der Waals surface area contributed by atoms with Crippen molar-refractivity contribution in [3.8, 4) is 11.8 Å². The molecule has 1 fully saturated rings. The van der Waals surface area contributed by atoms with Crippen LogP contribution in [0.5, 0.6) is 0 Å². The molecular formula is C15H19NO. The minimum absolute atomic E-state index is 0.136. The zero-order chi connectivity index (χ0) is 12.1. The molecule has 0 saturated heterocycles. The third-order valence-electron chi connectivity index (χ3n) is 3.00. The minimum atomic E-state index is 0.136. The average molecular weight is 229 g/mol. The molecule has 0 atom stereocenters. The van der Waals surface area contributed by atoms with Crippen LogP contribution in [0.15, 0.2) is 24.3 Å². The Hall–Kier alpha value is -1.30. The Labute approximate surface area is 103 Å². The van der Waals surface area contributed by atoms with Crippen molar-refractivity contribution in [3.63, 3.8) is 0 Å². The molecule has 17 heavy (non-hydrogen) atoms. The van der Waals surface area contributed by atoms with Gasteiger partial charge in [0, 0.05) is 24.6 Å².